The standard InChI is InChI=1S/C24H23BrN4O2/c1-17-14-21(18(2)29(17)20-7-5-6-19(25)15-20)24(30)27-22-8-3-4-9-23(22)31-13-12-28-11-10-26-16-28/h3-11,14-16H,12-13H2,1-2H3,(H,27,30). The summed E-state index contributed by atoms with van der Waals surface area (Å²) in [5.74, 6) is 0.469. The molecular formula is C24H23BrN4O2. The van der Waals surface area contributed by atoms with Gasteiger partial charge in [-0.1, -0.05) is 34.1 Å². The van der Waals surface area contributed by atoms with Crippen LogP contribution in [0.5, 0.6) is 5.75 Å². The Balaban J connectivity index is 1.52. The van der Waals surface area contributed by atoms with Crippen molar-refractivity contribution in [3.63, 3.8) is 0 Å². The monoisotopic (exact) mass is 478 g/mol. The van der Waals surface area contributed by atoms with Gasteiger partial charge in [0.25, 0.3) is 5.91 Å². The third kappa shape index (κ3) is 4.72. The van der Waals surface area contributed by atoms with E-state index in [2.05, 4.69) is 30.8 Å². The molecule has 1 N–H and O–H groups in total. The number of imidazole rings is 1. The van der Waals surface area contributed by atoms with Crippen molar-refractivity contribution in [3.05, 3.63) is 94.7 Å². The van der Waals surface area contributed by atoms with Crippen LogP contribution in [-0.2, 0) is 6.54 Å². The Morgan fingerprint density at radius 2 is 1.97 bits per heavy atom. The number of amides is 1. The van der Waals surface area contributed by atoms with Crippen LogP contribution in [0.3, 0.4) is 0 Å². The maximum atomic E-state index is 13.1. The minimum atomic E-state index is -0.167. The van der Waals surface area contributed by atoms with Crippen LogP contribution in [-0.4, -0.2) is 26.6 Å². The number of ether oxygens (including phenoxy) is 1. The second-order valence-electron chi connectivity index (χ2n) is 7.20. The fourth-order valence-corrected chi connectivity index (χ4v) is 3.96. The molecule has 0 atom stereocenters. The van der Waals surface area contributed by atoms with Crippen molar-refractivity contribution < 1.29 is 9.53 Å². The smallest absolute Gasteiger partial charge is 0.257 e. The van der Waals surface area contributed by atoms with Crippen molar-refractivity contribution in [3.8, 4) is 11.4 Å². The number of nitrogens with one attached hydrogen (secondary N) is 1. The Morgan fingerprint density at radius 1 is 1.13 bits per heavy atom. The van der Waals surface area contributed by atoms with E-state index in [0.717, 1.165) is 21.5 Å². The van der Waals surface area contributed by atoms with Crippen molar-refractivity contribution in [2.24, 2.45) is 0 Å². The summed E-state index contributed by atoms with van der Waals surface area (Å²) in [6.07, 6.45) is 5.37. The van der Waals surface area contributed by atoms with Crippen molar-refractivity contribution in [1.82, 2.24) is 14.1 Å². The maximum absolute atomic E-state index is 13.1. The first-order chi connectivity index (χ1) is 15.0. The lowest BCUT2D eigenvalue weighted by Gasteiger charge is -2.13. The summed E-state index contributed by atoms with van der Waals surface area (Å²) < 4.78 is 10.9. The molecule has 2 aromatic carbocycles. The number of aromatic nitrogens is 3. The van der Waals surface area contributed by atoms with E-state index in [1.54, 1.807) is 12.5 Å². The van der Waals surface area contributed by atoms with Crippen LogP contribution in [0.4, 0.5) is 5.69 Å². The van der Waals surface area contributed by atoms with E-state index in [0.29, 0.717) is 30.2 Å². The van der Waals surface area contributed by atoms with E-state index in [1.165, 1.54) is 0 Å². The van der Waals surface area contributed by atoms with Crippen molar-refractivity contribution in [2.45, 2.75) is 20.4 Å². The molecule has 0 saturated heterocycles. The number of carbonyl (C=O) groups excluding carboxylic acids is 1. The third-order valence-electron chi connectivity index (χ3n) is 5.04. The van der Waals surface area contributed by atoms with E-state index in [9.17, 15) is 4.79 Å². The van der Waals surface area contributed by atoms with Gasteiger partial charge in [0.05, 0.1) is 24.1 Å². The molecule has 6 nitrogen and oxygen atoms in total. The van der Waals surface area contributed by atoms with Gasteiger partial charge in [-0.3, -0.25) is 4.79 Å². The van der Waals surface area contributed by atoms with Crippen LogP contribution in [0.25, 0.3) is 5.69 Å². The molecule has 0 bridgehead atoms. The van der Waals surface area contributed by atoms with Gasteiger partial charge in [0.15, 0.2) is 0 Å². The Bertz CT molecular complexity index is 1200. The van der Waals surface area contributed by atoms with Gasteiger partial charge in [-0.25, -0.2) is 4.98 Å². The van der Waals surface area contributed by atoms with Crippen molar-refractivity contribution in [1.29, 1.82) is 0 Å². The Hall–Kier alpha value is -3.32. The lowest BCUT2D eigenvalue weighted by molar-refractivity contribution is 0.102. The molecule has 0 aliphatic rings. The lowest BCUT2D eigenvalue weighted by atomic mass is 10.2. The van der Waals surface area contributed by atoms with E-state index in [1.807, 2.05) is 79.2 Å². The molecule has 0 aliphatic heterocycles. The van der Waals surface area contributed by atoms with Crippen LogP contribution in [0.1, 0.15) is 21.7 Å². The highest BCUT2D eigenvalue weighted by Gasteiger charge is 2.18. The number of para-hydroxylation sites is 2. The predicted molar refractivity (Wildman–Crippen MR) is 125 cm³/mol. The molecule has 4 aromatic rings. The van der Waals surface area contributed by atoms with E-state index >= 15 is 0 Å². The largest absolute Gasteiger partial charge is 0.490 e. The van der Waals surface area contributed by atoms with Gasteiger partial charge in [-0.05, 0) is 50.2 Å². The van der Waals surface area contributed by atoms with E-state index in [-0.39, 0.29) is 5.91 Å². The molecule has 0 spiro atoms. The highest BCUT2D eigenvalue weighted by Crippen LogP contribution is 2.27. The second kappa shape index (κ2) is 9.22. The van der Waals surface area contributed by atoms with Crippen LogP contribution in [0.15, 0.2) is 77.8 Å². The van der Waals surface area contributed by atoms with Crippen LogP contribution in [0.2, 0.25) is 0 Å². The van der Waals surface area contributed by atoms with Gasteiger partial charge in [0.2, 0.25) is 0 Å². The summed E-state index contributed by atoms with van der Waals surface area (Å²) in [5, 5.41) is 3.01. The maximum Gasteiger partial charge on any atom is 0.257 e. The number of halogens is 1. The molecule has 2 heterocycles. The molecule has 0 radical (unpaired) electrons. The van der Waals surface area contributed by atoms with Crippen LogP contribution in [0, 0.1) is 13.8 Å². The van der Waals surface area contributed by atoms with Gasteiger partial charge >= 0.3 is 0 Å². The number of aryl methyl sites for hydroxylation is 1. The normalized spacial score (nSPS) is 10.8. The third-order valence-corrected chi connectivity index (χ3v) is 5.54. The fraction of sp³-hybridized carbons (Fsp3) is 0.167. The zero-order valence-electron chi connectivity index (χ0n) is 17.4. The molecule has 4 rings (SSSR count). The molecule has 7 heteroatoms. The number of nitrogens with zero attached hydrogens (tertiary/aromatic N) is 3. The zero-order chi connectivity index (χ0) is 21.8. The quantitative estimate of drug-likeness (QED) is 0.387. The average molecular weight is 479 g/mol. The SMILES string of the molecule is Cc1cc(C(=O)Nc2ccccc2OCCn2ccnc2)c(C)n1-c1cccc(Br)c1. The molecule has 1 amide bonds. The van der Waals surface area contributed by atoms with E-state index in [4.69, 9.17) is 4.74 Å². The van der Waals surface area contributed by atoms with Gasteiger partial charge in [0, 0.05) is 33.9 Å². The number of benzene rings is 2. The lowest BCUT2D eigenvalue weighted by Crippen LogP contribution is -2.15. The first-order valence-electron chi connectivity index (χ1n) is 9.97. The summed E-state index contributed by atoms with van der Waals surface area (Å²) in [5.41, 5.74) is 4.15. The summed E-state index contributed by atoms with van der Waals surface area (Å²) >= 11 is 3.52. The Labute approximate surface area is 189 Å². The number of carbonyl (C=O) groups is 1. The molecule has 2 aromatic heterocycles. The minimum absolute atomic E-state index is 0.167. The number of hydrogen-bond acceptors (Lipinski definition) is 3. The number of rotatable bonds is 7. The Kier molecular flexibility index (Phi) is 6.23. The topological polar surface area (TPSA) is 61.1 Å². The summed E-state index contributed by atoms with van der Waals surface area (Å²) in [6, 6.07) is 17.4. The molecule has 31 heavy (non-hydrogen) atoms. The predicted octanol–water partition coefficient (Wildman–Crippen LogP) is 5.38. The summed E-state index contributed by atoms with van der Waals surface area (Å²) in [4.78, 5) is 17.1. The highest BCUT2D eigenvalue weighted by molar-refractivity contribution is 9.10. The van der Waals surface area contributed by atoms with E-state index < -0.39 is 0 Å². The minimum Gasteiger partial charge on any atom is -0.490 e. The summed E-state index contributed by atoms with van der Waals surface area (Å²) in [6.45, 7) is 5.10. The van der Waals surface area contributed by atoms with Gasteiger partial charge in [-0.15, -0.1) is 0 Å². The first kappa shape index (κ1) is 20.9. The molecule has 0 unspecified atom stereocenters. The van der Waals surface area contributed by atoms with Gasteiger partial charge in [0.1, 0.15) is 12.4 Å². The molecule has 0 saturated carbocycles. The highest BCUT2D eigenvalue weighted by atomic mass is 79.9. The molecule has 0 fully saturated rings. The Morgan fingerprint density at radius 3 is 2.74 bits per heavy atom. The average Bonchev–Trinajstić information content (AvgIpc) is 3.37. The molecule has 158 valence electrons. The van der Waals surface area contributed by atoms with Crippen molar-refractivity contribution in [2.75, 3.05) is 11.9 Å². The molecule has 0 aliphatic carbocycles. The van der Waals surface area contributed by atoms with Crippen molar-refractivity contribution >= 4 is 27.5 Å². The summed E-state index contributed by atoms with van der Waals surface area (Å²) in [7, 11) is 0. The zero-order valence-corrected chi connectivity index (χ0v) is 19.0. The van der Waals surface area contributed by atoms with Gasteiger partial charge in [-0.2, -0.15) is 0 Å². The number of anilines is 1. The van der Waals surface area contributed by atoms with Crippen LogP contribution < -0.4 is 10.1 Å². The second-order valence-corrected chi connectivity index (χ2v) is 8.12. The van der Waals surface area contributed by atoms with Gasteiger partial charge < -0.3 is 19.2 Å². The fourth-order valence-electron chi connectivity index (χ4n) is 3.57. The first-order valence-corrected chi connectivity index (χ1v) is 10.8. The van der Waals surface area contributed by atoms with Crippen LogP contribution >= 0.6 is 15.9 Å². The molecular weight excluding hydrogens is 456 g/mol. The number of hydrogen-bond donors (Lipinski definition) is 1.